The van der Waals surface area contributed by atoms with Gasteiger partial charge in [-0.2, -0.15) is 0 Å². The molecule has 0 saturated heterocycles. The summed E-state index contributed by atoms with van der Waals surface area (Å²) in [6.07, 6.45) is 1.34. The summed E-state index contributed by atoms with van der Waals surface area (Å²) in [5, 5.41) is 0. The predicted octanol–water partition coefficient (Wildman–Crippen LogP) is 2.15. The maximum atomic E-state index is 11.9. The lowest BCUT2D eigenvalue weighted by Crippen LogP contribution is -2.23. The fourth-order valence-electron chi connectivity index (χ4n) is 1.92. The highest BCUT2D eigenvalue weighted by molar-refractivity contribution is 6.50. The Morgan fingerprint density at radius 3 is 2.60 bits per heavy atom. The van der Waals surface area contributed by atoms with Crippen molar-refractivity contribution in [1.82, 2.24) is 0 Å². The van der Waals surface area contributed by atoms with Gasteiger partial charge in [0.05, 0.1) is 19.2 Å². The van der Waals surface area contributed by atoms with Crippen LogP contribution in [0.25, 0.3) is 0 Å². The van der Waals surface area contributed by atoms with Gasteiger partial charge in [0, 0.05) is 11.8 Å². The fourth-order valence-corrected chi connectivity index (χ4v) is 1.92. The zero-order valence-corrected chi connectivity index (χ0v) is 11.7. The van der Waals surface area contributed by atoms with E-state index in [0.29, 0.717) is 22.7 Å². The van der Waals surface area contributed by atoms with Crippen LogP contribution in [0.3, 0.4) is 0 Å². The number of hydrogen-bond donors (Lipinski definition) is 1. The average molecular weight is 272 g/mol. The molecule has 0 spiro atoms. The molecule has 104 valence electrons. The number of nitrogens with two attached hydrogens (primary N) is 1. The summed E-state index contributed by atoms with van der Waals surface area (Å²) < 4.78 is 5.21. The monoisotopic (exact) mass is 272 g/mol. The minimum absolute atomic E-state index is 0.0216. The summed E-state index contributed by atoms with van der Waals surface area (Å²) >= 11 is 0. The molecule has 5 heteroatoms. The molecule has 0 aliphatic heterocycles. The quantitative estimate of drug-likeness (QED) is 0.836. The molecule has 0 heterocycles. The summed E-state index contributed by atoms with van der Waals surface area (Å²) in [6, 6.07) is 3.40. The molecular weight excluding hydrogens is 256 g/mol. The summed E-state index contributed by atoms with van der Waals surface area (Å²) in [6.45, 7) is 3.47. The number of benzene rings is 1. The lowest BCUT2D eigenvalue weighted by atomic mass is 9.96. The number of anilines is 1. The molecule has 5 nitrogen and oxygen atoms in total. The van der Waals surface area contributed by atoms with Crippen LogP contribution in [0.15, 0.2) is 28.8 Å². The number of methoxy groups -OCH3 is 1. The third-order valence-corrected chi connectivity index (χ3v) is 3.22. The smallest absolute Gasteiger partial charge is 0.200 e. The van der Waals surface area contributed by atoms with E-state index >= 15 is 0 Å². The Bertz CT molecular complexity index is 657. The van der Waals surface area contributed by atoms with E-state index in [1.807, 2.05) is 6.92 Å². The standard InChI is InChI=1S/C15H16N2O3/c1-8-4-12(15(20-3)6-10(8)16)17-11-7-13(18)9(2)5-14(11)19/h4-6H,7,16H2,1-3H3. The number of nitrogen functional groups attached to an aromatic ring is 1. The topological polar surface area (TPSA) is 81.8 Å². The minimum Gasteiger partial charge on any atom is -0.494 e. The van der Waals surface area contributed by atoms with E-state index < -0.39 is 0 Å². The molecule has 0 bridgehead atoms. The van der Waals surface area contributed by atoms with Gasteiger partial charge in [-0.3, -0.25) is 9.59 Å². The number of carbonyl (C=O) groups excluding carboxylic acids is 2. The number of ketones is 2. The molecule has 20 heavy (non-hydrogen) atoms. The average Bonchev–Trinajstić information content (AvgIpc) is 2.39. The number of Topliss-reactive ketones (excluding diaryl/α,β-unsaturated/α-hetero) is 1. The number of rotatable bonds is 2. The molecule has 0 aromatic heterocycles. The summed E-state index contributed by atoms with van der Waals surface area (Å²) in [7, 11) is 1.51. The lowest BCUT2D eigenvalue weighted by Gasteiger charge is -2.12. The molecule has 1 aromatic carbocycles. The third kappa shape index (κ3) is 2.61. The van der Waals surface area contributed by atoms with E-state index in [-0.39, 0.29) is 23.7 Å². The minimum atomic E-state index is -0.237. The Morgan fingerprint density at radius 2 is 1.95 bits per heavy atom. The van der Waals surface area contributed by atoms with E-state index in [4.69, 9.17) is 10.5 Å². The predicted molar refractivity (Wildman–Crippen MR) is 77.6 cm³/mol. The number of carbonyl (C=O) groups is 2. The zero-order valence-electron chi connectivity index (χ0n) is 11.7. The van der Waals surface area contributed by atoms with Crippen molar-refractivity contribution in [2.45, 2.75) is 20.3 Å². The SMILES string of the molecule is COc1cc(N)c(C)cc1N=C1CC(=O)C(C)=CC1=O. The normalized spacial score (nSPS) is 17.4. The Hall–Kier alpha value is -2.43. The first-order valence-corrected chi connectivity index (χ1v) is 6.20. The molecule has 0 amide bonds. The van der Waals surface area contributed by atoms with Crippen LogP contribution in [0, 0.1) is 6.92 Å². The summed E-state index contributed by atoms with van der Waals surface area (Å²) in [4.78, 5) is 27.8. The van der Waals surface area contributed by atoms with Crippen molar-refractivity contribution in [3.8, 4) is 5.75 Å². The van der Waals surface area contributed by atoms with Crippen LogP contribution < -0.4 is 10.5 Å². The van der Waals surface area contributed by atoms with E-state index in [1.165, 1.54) is 13.2 Å². The summed E-state index contributed by atoms with van der Waals surface area (Å²) in [5.74, 6) is 0.153. The summed E-state index contributed by atoms with van der Waals surface area (Å²) in [5.41, 5.74) is 8.43. The fraction of sp³-hybridized carbons (Fsp3) is 0.267. The second-order valence-corrected chi connectivity index (χ2v) is 4.73. The van der Waals surface area contributed by atoms with Crippen molar-refractivity contribution < 1.29 is 14.3 Å². The Labute approximate surface area is 117 Å². The van der Waals surface area contributed by atoms with Crippen LogP contribution in [0.1, 0.15) is 18.9 Å². The van der Waals surface area contributed by atoms with E-state index in [0.717, 1.165) is 5.56 Å². The van der Waals surface area contributed by atoms with Crippen molar-refractivity contribution in [2.75, 3.05) is 12.8 Å². The number of nitrogens with zero attached hydrogens (tertiary/aromatic N) is 1. The van der Waals surface area contributed by atoms with Crippen LogP contribution in [-0.4, -0.2) is 24.4 Å². The molecule has 2 rings (SSSR count). The van der Waals surface area contributed by atoms with E-state index in [2.05, 4.69) is 4.99 Å². The van der Waals surface area contributed by atoms with Crippen LogP contribution >= 0.6 is 0 Å². The van der Waals surface area contributed by atoms with Gasteiger partial charge in [0.25, 0.3) is 0 Å². The first-order chi connectivity index (χ1) is 9.42. The maximum Gasteiger partial charge on any atom is 0.200 e. The van der Waals surface area contributed by atoms with Crippen molar-refractivity contribution in [1.29, 1.82) is 0 Å². The second kappa shape index (κ2) is 5.28. The van der Waals surface area contributed by atoms with Crippen molar-refractivity contribution in [2.24, 2.45) is 4.99 Å². The van der Waals surface area contributed by atoms with Gasteiger partial charge < -0.3 is 10.5 Å². The molecule has 1 aliphatic rings. The molecule has 1 aliphatic carbocycles. The van der Waals surface area contributed by atoms with Gasteiger partial charge in [-0.05, 0) is 37.1 Å². The van der Waals surface area contributed by atoms with Crippen LogP contribution in [0.4, 0.5) is 11.4 Å². The number of ether oxygens (including phenoxy) is 1. The van der Waals surface area contributed by atoms with Crippen LogP contribution in [0.5, 0.6) is 5.75 Å². The second-order valence-electron chi connectivity index (χ2n) is 4.73. The highest BCUT2D eigenvalue weighted by atomic mass is 16.5. The van der Waals surface area contributed by atoms with Crippen LogP contribution in [-0.2, 0) is 9.59 Å². The molecule has 2 N–H and O–H groups in total. The third-order valence-electron chi connectivity index (χ3n) is 3.22. The molecule has 0 saturated carbocycles. The maximum absolute atomic E-state index is 11.9. The molecule has 0 fully saturated rings. The van der Waals surface area contributed by atoms with Gasteiger partial charge in [-0.15, -0.1) is 0 Å². The highest BCUT2D eigenvalue weighted by Crippen LogP contribution is 2.32. The molecule has 0 radical (unpaired) electrons. The Kier molecular flexibility index (Phi) is 3.70. The van der Waals surface area contributed by atoms with Crippen LogP contribution in [0.2, 0.25) is 0 Å². The Morgan fingerprint density at radius 1 is 1.25 bits per heavy atom. The number of allylic oxidation sites excluding steroid dienone is 2. The van der Waals surface area contributed by atoms with Gasteiger partial charge in [0.1, 0.15) is 11.4 Å². The number of hydrogen-bond acceptors (Lipinski definition) is 5. The highest BCUT2D eigenvalue weighted by Gasteiger charge is 2.22. The van der Waals surface area contributed by atoms with Gasteiger partial charge in [0.15, 0.2) is 5.78 Å². The van der Waals surface area contributed by atoms with Gasteiger partial charge in [-0.1, -0.05) is 0 Å². The number of aryl methyl sites for hydroxylation is 1. The van der Waals surface area contributed by atoms with Gasteiger partial charge in [-0.25, -0.2) is 4.99 Å². The van der Waals surface area contributed by atoms with Gasteiger partial charge in [0.2, 0.25) is 5.78 Å². The first kappa shape index (κ1) is 14.0. The molecule has 0 unspecified atom stereocenters. The van der Waals surface area contributed by atoms with Crippen molar-refractivity contribution in [3.63, 3.8) is 0 Å². The van der Waals surface area contributed by atoms with Crippen molar-refractivity contribution >= 4 is 28.7 Å². The molecule has 1 aromatic rings. The van der Waals surface area contributed by atoms with Crippen molar-refractivity contribution in [3.05, 3.63) is 29.3 Å². The number of aliphatic imine (C=N–C) groups is 1. The zero-order chi connectivity index (χ0) is 14.9. The largest absolute Gasteiger partial charge is 0.494 e. The molecular formula is C15H16N2O3. The van der Waals surface area contributed by atoms with E-state index in [1.54, 1.807) is 19.1 Å². The van der Waals surface area contributed by atoms with E-state index in [9.17, 15) is 9.59 Å². The van der Waals surface area contributed by atoms with Gasteiger partial charge >= 0.3 is 0 Å². The Balaban J connectivity index is 2.48. The molecule has 0 atom stereocenters. The lowest BCUT2D eigenvalue weighted by molar-refractivity contribution is -0.116. The first-order valence-electron chi connectivity index (χ1n) is 6.20.